The molecule has 0 saturated carbocycles. The monoisotopic (exact) mass is 397 g/mol. The number of hydrogen-bond acceptors (Lipinski definition) is 7. The first-order chi connectivity index (χ1) is 14.0. The molecule has 9 heteroatoms. The summed E-state index contributed by atoms with van der Waals surface area (Å²) in [6, 6.07) is 11.4. The number of nitrogens with one attached hydrogen (secondary N) is 1. The standard InChI is InChI=1S/C20H19N3O6/c1-27-15-8-7-12(11-16(15)28-2)19-22-18(29-23-19)10-9-17(24)21-14-6-4-3-5-13(14)20(25)26/h3-8,11H,9-10H2,1-2H3,(H,21,24)(H,25,26). The number of carbonyl (C=O) groups excluding carboxylic acids is 1. The van der Waals surface area contributed by atoms with Gasteiger partial charge in [-0.1, -0.05) is 17.3 Å². The van der Waals surface area contributed by atoms with Crippen molar-refractivity contribution in [2.24, 2.45) is 0 Å². The molecular weight excluding hydrogens is 378 g/mol. The molecule has 1 amide bonds. The van der Waals surface area contributed by atoms with Crippen LogP contribution in [-0.2, 0) is 11.2 Å². The molecule has 0 aliphatic carbocycles. The van der Waals surface area contributed by atoms with E-state index in [9.17, 15) is 9.59 Å². The van der Waals surface area contributed by atoms with Crippen LogP contribution in [0, 0.1) is 0 Å². The molecule has 1 aromatic heterocycles. The minimum Gasteiger partial charge on any atom is -0.493 e. The number of ether oxygens (including phenoxy) is 2. The van der Waals surface area contributed by atoms with E-state index in [1.54, 1.807) is 37.4 Å². The first-order valence-corrected chi connectivity index (χ1v) is 8.69. The van der Waals surface area contributed by atoms with Crippen molar-refractivity contribution in [3.8, 4) is 22.9 Å². The molecule has 9 nitrogen and oxygen atoms in total. The lowest BCUT2D eigenvalue weighted by atomic mass is 10.1. The summed E-state index contributed by atoms with van der Waals surface area (Å²) in [5.74, 6) is 0.294. The van der Waals surface area contributed by atoms with Crippen molar-refractivity contribution in [3.05, 3.63) is 53.9 Å². The fourth-order valence-electron chi connectivity index (χ4n) is 2.66. The molecular formula is C20H19N3O6. The number of aromatic nitrogens is 2. The summed E-state index contributed by atoms with van der Waals surface area (Å²) in [4.78, 5) is 27.7. The zero-order chi connectivity index (χ0) is 20.8. The number of aromatic carboxylic acids is 1. The van der Waals surface area contributed by atoms with Gasteiger partial charge in [-0.2, -0.15) is 4.98 Å². The summed E-state index contributed by atoms with van der Waals surface area (Å²) < 4.78 is 15.7. The van der Waals surface area contributed by atoms with Crippen LogP contribution in [0.15, 0.2) is 47.0 Å². The number of benzene rings is 2. The number of carboxylic acid groups (broad SMARTS) is 1. The van der Waals surface area contributed by atoms with E-state index < -0.39 is 5.97 Å². The normalized spacial score (nSPS) is 10.4. The van der Waals surface area contributed by atoms with Crippen LogP contribution in [0.3, 0.4) is 0 Å². The number of carboxylic acids is 1. The van der Waals surface area contributed by atoms with Gasteiger partial charge in [0.25, 0.3) is 0 Å². The van der Waals surface area contributed by atoms with Crippen molar-refractivity contribution in [1.82, 2.24) is 10.1 Å². The minimum atomic E-state index is -1.11. The maximum Gasteiger partial charge on any atom is 0.337 e. The number of methoxy groups -OCH3 is 2. The first kappa shape index (κ1) is 19.9. The third kappa shape index (κ3) is 4.70. The van der Waals surface area contributed by atoms with E-state index in [1.807, 2.05) is 0 Å². The highest BCUT2D eigenvalue weighted by atomic mass is 16.5. The fourth-order valence-corrected chi connectivity index (χ4v) is 2.66. The Morgan fingerprint density at radius 1 is 1.10 bits per heavy atom. The molecule has 0 spiro atoms. The second-order valence-electron chi connectivity index (χ2n) is 5.98. The lowest BCUT2D eigenvalue weighted by molar-refractivity contribution is -0.116. The molecule has 29 heavy (non-hydrogen) atoms. The van der Waals surface area contributed by atoms with Crippen LogP contribution < -0.4 is 14.8 Å². The van der Waals surface area contributed by atoms with E-state index in [1.165, 1.54) is 19.2 Å². The lowest BCUT2D eigenvalue weighted by Gasteiger charge is -2.07. The number of hydrogen-bond donors (Lipinski definition) is 2. The number of anilines is 1. The number of para-hydroxylation sites is 1. The molecule has 0 saturated heterocycles. The summed E-state index contributed by atoms with van der Waals surface area (Å²) in [6.45, 7) is 0. The molecule has 0 aliphatic heterocycles. The van der Waals surface area contributed by atoms with Crippen molar-refractivity contribution < 1.29 is 28.7 Å². The molecule has 0 fully saturated rings. The fraction of sp³-hybridized carbons (Fsp3) is 0.200. The Kier molecular flexibility index (Phi) is 6.08. The third-order valence-electron chi connectivity index (χ3n) is 4.11. The van der Waals surface area contributed by atoms with Gasteiger partial charge in [0.15, 0.2) is 11.5 Å². The maximum absolute atomic E-state index is 12.2. The van der Waals surface area contributed by atoms with Crippen molar-refractivity contribution in [2.45, 2.75) is 12.8 Å². The van der Waals surface area contributed by atoms with Gasteiger partial charge in [0.2, 0.25) is 17.6 Å². The average Bonchev–Trinajstić information content (AvgIpc) is 3.21. The Morgan fingerprint density at radius 2 is 1.86 bits per heavy atom. The van der Waals surface area contributed by atoms with Crippen LogP contribution >= 0.6 is 0 Å². The quantitative estimate of drug-likeness (QED) is 0.594. The lowest BCUT2D eigenvalue weighted by Crippen LogP contribution is -2.15. The zero-order valence-electron chi connectivity index (χ0n) is 15.8. The molecule has 2 aromatic carbocycles. The molecule has 0 aliphatic rings. The van der Waals surface area contributed by atoms with Gasteiger partial charge in [-0.05, 0) is 30.3 Å². The van der Waals surface area contributed by atoms with Gasteiger partial charge in [-0.25, -0.2) is 4.79 Å². The summed E-state index contributed by atoms with van der Waals surface area (Å²) in [6.07, 6.45) is 0.267. The van der Waals surface area contributed by atoms with E-state index in [4.69, 9.17) is 19.1 Å². The highest BCUT2D eigenvalue weighted by Crippen LogP contribution is 2.31. The molecule has 3 rings (SSSR count). The topological polar surface area (TPSA) is 124 Å². The van der Waals surface area contributed by atoms with Gasteiger partial charge >= 0.3 is 5.97 Å². The molecule has 0 unspecified atom stereocenters. The SMILES string of the molecule is COc1ccc(-c2noc(CCC(=O)Nc3ccccc3C(=O)O)n2)cc1OC. The maximum atomic E-state index is 12.2. The molecule has 1 heterocycles. The van der Waals surface area contributed by atoms with Gasteiger partial charge in [0.1, 0.15) is 0 Å². The van der Waals surface area contributed by atoms with Crippen LogP contribution in [-0.4, -0.2) is 41.3 Å². The van der Waals surface area contributed by atoms with Crippen LogP contribution in [0.2, 0.25) is 0 Å². The smallest absolute Gasteiger partial charge is 0.337 e. The van der Waals surface area contributed by atoms with E-state index in [2.05, 4.69) is 15.5 Å². The van der Waals surface area contributed by atoms with Crippen LogP contribution in [0.4, 0.5) is 5.69 Å². The highest BCUT2D eigenvalue weighted by Gasteiger charge is 2.15. The van der Waals surface area contributed by atoms with Crippen LogP contribution in [0.5, 0.6) is 11.5 Å². The van der Waals surface area contributed by atoms with E-state index in [-0.39, 0.29) is 35.9 Å². The summed E-state index contributed by atoms with van der Waals surface area (Å²) in [5, 5.41) is 15.7. The number of nitrogens with zero attached hydrogens (tertiary/aromatic N) is 2. The summed E-state index contributed by atoms with van der Waals surface area (Å²) in [7, 11) is 3.08. The predicted octanol–water partition coefficient (Wildman–Crippen LogP) is 3.02. The van der Waals surface area contributed by atoms with Gasteiger partial charge in [0.05, 0.1) is 25.5 Å². The van der Waals surface area contributed by atoms with Gasteiger partial charge in [-0.3, -0.25) is 4.79 Å². The highest BCUT2D eigenvalue weighted by molar-refractivity contribution is 6.00. The molecule has 0 radical (unpaired) electrons. The third-order valence-corrected chi connectivity index (χ3v) is 4.11. The summed E-state index contributed by atoms with van der Waals surface area (Å²) >= 11 is 0. The van der Waals surface area contributed by atoms with E-state index in [0.717, 1.165) is 0 Å². The Labute approximate surface area is 166 Å². The summed E-state index contributed by atoms with van der Waals surface area (Å²) in [5.41, 5.74) is 0.938. The molecule has 3 aromatic rings. The Balaban J connectivity index is 1.64. The number of amides is 1. The molecule has 150 valence electrons. The Bertz CT molecular complexity index is 1030. The average molecular weight is 397 g/mol. The number of rotatable bonds is 8. The zero-order valence-corrected chi connectivity index (χ0v) is 15.8. The van der Waals surface area contributed by atoms with E-state index in [0.29, 0.717) is 22.9 Å². The molecule has 0 bridgehead atoms. The van der Waals surface area contributed by atoms with Gasteiger partial charge in [0, 0.05) is 18.4 Å². The van der Waals surface area contributed by atoms with Crippen LogP contribution in [0.1, 0.15) is 22.7 Å². The van der Waals surface area contributed by atoms with Crippen LogP contribution in [0.25, 0.3) is 11.4 Å². The second kappa shape index (κ2) is 8.87. The number of aryl methyl sites for hydroxylation is 1. The van der Waals surface area contributed by atoms with E-state index >= 15 is 0 Å². The Morgan fingerprint density at radius 3 is 2.59 bits per heavy atom. The van der Waals surface area contributed by atoms with Gasteiger partial charge in [-0.15, -0.1) is 0 Å². The molecule has 0 atom stereocenters. The minimum absolute atomic E-state index is 0.0226. The van der Waals surface area contributed by atoms with Crippen molar-refractivity contribution in [1.29, 1.82) is 0 Å². The molecule has 2 N–H and O–H groups in total. The van der Waals surface area contributed by atoms with Crippen molar-refractivity contribution >= 4 is 17.6 Å². The van der Waals surface area contributed by atoms with Gasteiger partial charge < -0.3 is 24.4 Å². The first-order valence-electron chi connectivity index (χ1n) is 8.69. The van der Waals surface area contributed by atoms with Crippen molar-refractivity contribution in [3.63, 3.8) is 0 Å². The number of carbonyl (C=O) groups is 2. The predicted molar refractivity (Wildman–Crippen MR) is 103 cm³/mol. The largest absolute Gasteiger partial charge is 0.493 e. The van der Waals surface area contributed by atoms with Crippen molar-refractivity contribution in [2.75, 3.05) is 19.5 Å². The second-order valence-corrected chi connectivity index (χ2v) is 5.98. The Hall–Kier alpha value is -3.88.